The Morgan fingerprint density at radius 2 is 1.88 bits per heavy atom. The standard InChI is InChI=1S/C14H28N2O/c1-10(2)11(3)16(4)14(17)13-8-6-5-7-12(13)9-15/h10-13H,5-9,15H2,1-4H3. The van der Waals surface area contributed by atoms with Crippen molar-refractivity contribution in [1.29, 1.82) is 0 Å². The first kappa shape index (κ1) is 14.5. The van der Waals surface area contributed by atoms with Crippen molar-refractivity contribution >= 4 is 5.91 Å². The molecule has 2 N–H and O–H groups in total. The molecule has 1 saturated carbocycles. The van der Waals surface area contributed by atoms with Crippen LogP contribution in [0.2, 0.25) is 0 Å². The first-order chi connectivity index (χ1) is 7.99. The first-order valence-corrected chi connectivity index (χ1v) is 6.95. The number of carbonyl (C=O) groups excluding carboxylic acids is 1. The predicted octanol–water partition coefficient (Wildman–Crippen LogP) is 2.25. The summed E-state index contributed by atoms with van der Waals surface area (Å²) in [5.74, 6) is 1.38. The van der Waals surface area contributed by atoms with Crippen molar-refractivity contribution in [1.82, 2.24) is 4.90 Å². The summed E-state index contributed by atoms with van der Waals surface area (Å²) < 4.78 is 0. The van der Waals surface area contributed by atoms with Crippen LogP contribution in [0.5, 0.6) is 0 Å². The van der Waals surface area contributed by atoms with Crippen LogP contribution >= 0.6 is 0 Å². The largest absolute Gasteiger partial charge is 0.343 e. The molecule has 3 atom stereocenters. The minimum atomic E-state index is 0.167. The van der Waals surface area contributed by atoms with Gasteiger partial charge in [0.1, 0.15) is 0 Å². The fourth-order valence-corrected chi connectivity index (χ4v) is 2.72. The summed E-state index contributed by atoms with van der Waals surface area (Å²) in [7, 11) is 1.94. The first-order valence-electron chi connectivity index (χ1n) is 6.95. The lowest BCUT2D eigenvalue weighted by atomic mass is 9.78. The average molecular weight is 240 g/mol. The van der Waals surface area contributed by atoms with E-state index in [1.165, 1.54) is 12.8 Å². The normalized spacial score (nSPS) is 26.9. The van der Waals surface area contributed by atoms with Gasteiger partial charge < -0.3 is 10.6 Å². The quantitative estimate of drug-likeness (QED) is 0.819. The highest BCUT2D eigenvalue weighted by molar-refractivity contribution is 5.79. The smallest absolute Gasteiger partial charge is 0.225 e. The summed E-state index contributed by atoms with van der Waals surface area (Å²) in [6.45, 7) is 7.11. The molecule has 0 aromatic heterocycles. The highest BCUT2D eigenvalue weighted by atomic mass is 16.2. The van der Waals surface area contributed by atoms with Crippen LogP contribution < -0.4 is 5.73 Å². The lowest BCUT2D eigenvalue weighted by molar-refractivity contribution is -0.139. The molecule has 3 nitrogen and oxygen atoms in total. The molecule has 0 aromatic carbocycles. The van der Waals surface area contributed by atoms with E-state index >= 15 is 0 Å². The molecule has 3 unspecified atom stereocenters. The van der Waals surface area contributed by atoms with Crippen LogP contribution in [0.1, 0.15) is 46.5 Å². The third-order valence-corrected chi connectivity index (χ3v) is 4.45. The molecular formula is C14H28N2O. The van der Waals surface area contributed by atoms with Crippen LogP contribution in [0.3, 0.4) is 0 Å². The van der Waals surface area contributed by atoms with Gasteiger partial charge >= 0.3 is 0 Å². The third-order valence-electron chi connectivity index (χ3n) is 4.45. The Morgan fingerprint density at radius 3 is 2.41 bits per heavy atom. The number of hydrogen-bond acceptors (Lipinski definition) is 2. The highest BCUT2D eigenvalue weighted by Gasteiger charge is 2.33. The fraction of sp³-hybridized carbons (Fsp3) is 0.929. The SMILES string of the molecule is CC(C)C(C)N(C)C(=O)C1CCCCC1CN. The minimum absolute atomic E-state index is 0.167. The molecule has 1 fully saturated rings. The summed E-state index contributed by atoms with van der Waals surface area (Å²) in [6, 6.07) is 0.308. The van der Waals surface area contributed by atoms with Crippen LogP contribution in [-0.2, 0) is 4.79 Å². The molecule has 0 radical (unpaired) electrons. The van der Waals surface area contributed by atoms with E-state index in [9.17, 15) is 4.79 Å². The van der Waals surface area contributed by atoms with Crippen molar-refractivity contribution in [3.8, 4) is 0 Å². The number of nitrogens with zero attached hydrogens (tertiary/aromatic N) is 1. The Labute approximate surface area is 106 Å². The average Bonchev–Trinajstić information content (AvgIpc) is 2.35. The number of nitrogens with two attached hydrogens (primary N) is 1. The van der Waals surface area contributed by atoms with Crippen LogP contribution in [0.15, 0.2) is 0 Å². The van der Waals surface area contributed by atoms with Crippen molar-refractivity contribution in [2.24, 2.45) is 23.5 Å². The number of amides is 1. The maximum atomic E-state index is 12.5. The zero-order valence-electron chi connectivity index (χ0n) is 11.8. The molecule has 100 valence electrons. The Morgan fingerprint density at radius 1 is 1.29 bits per heavy atom. The maximum absolute atomic E-state index is 12.5. The van der Waals surface area contributed by atoms with E-state index in [2.05, 4.69) is 20.8 Å². The third kappa shape index (κ3) is 3.44. The fourth-order valence-electron chi connectivity index (χ4n) is 2.72. The second-order valence-corrected chi connectivity index (χ2v) is 5.82. The maximum Gasteiger partial charge on any atom is 0.225 e. The van der Waals surface area contributed by atoms with Gasteiger partial charge in [0.2, 0.25) is 5.91 Å². The van der Waals surface area contributed by atoms with Gasteiger partial charge in [0.05, 0.1) is 0 Å². The van der Waals surface area contributed by atoms with Crippen molar-refractivity contribution in [3.63, 3.8) is 0 Å². The number of rotatable bonds is 4. The molecule has 0 bridgehead atoms. The van der Waals surface area contributed by atoms with Gasteiger partial charge in [-0.1, -0.05) is 26.7 Å². The van der Waals surface area contributed by atoms with E-state index < -0.39 is 0 Å². The summed E-state index contributed by atoms with van der Waals surface area (Å²) >= 11 is 0. The Balaban J connectivity index is 2.66. The zero-order valence-corrected chi connectivity index (χ0v) is 11.8. The second kappa shape index (κ2) is 6.39. The molecular weight excluding hydrogens is 212 g/mol. The summed E-state index contributed by atoms with van der Waals surface area (Å²) in [6.07, 6.45) is 4.55. The Hall–Kier alpha value is -0.570. The van der Waals surface area contributed by atoms with Crippen LogP contribution in [-0.4, -0.2) is 30.4 Å². The topological polar surface area (TPSA) is 46.3 Å². The van der Waals surface area contributed by atoms with Gasteiger partial charge in [0, 0.05) is 19.0 Å². The van der Waals surface area contributed by atoms with Crippen LogP contribution in [0.25, 0.3) is 0 Å². The van der Waals surface area contributed by atoms with Crippen LogP contribution in [0, 0.1) is 17.8 Å². The van der Waals surface area contributed by atoms with E-state index in [1.54, 1.807) is 0 Å². The number of carbonyl (C=O) groups is 1. The molecule has 0 aliphatic heterocycles. The van der Waals surface area contributed by atoms with E-state index in [0.29, 0.717) is 30.3 Å². The van der Waals surface area contributed by atoms with Crippen molar-refractivity contribution in [3.05, 3.63) is 0 Å². The van der Waals surface area contributed by atoms with E-state index in [1.807, 2.05) is 11.9 Å². The summed E-state index contributed by atoms with van der Waals surface area (Å²) in [5.41, 5.74) is 5.80. The van der Waals surface area contributed by atoms with E-state index in [4.69, 9.17) is 5.73 Å². The van der Waals surface area contributed by atoms with Gasteiger partial charge in [0.25, 0.3) is 0 Å². The van der Waals surface area contributed by atoms with Crippen molar-refractivity contribution in [2.75, 3.05) is 13.6 Å². The lowest BCUT2D eigenvalue weighted by Gasteiger charge is -2.36. The molecule has 1 aliphatic carbocycles. The van der Waals surface area contributed by atoms with Gasteiger partial charge in [-0.3, -0.25) is 4.79 Å². The Kier molecular flexibility index (Phi) is 5.44. The highest BCUT2D eigenvalue weighted by Crippen LogP contribution is 2.31. The number of hydrogen-bond donors (Lipinski definition) is 1. The lowest BCUT2D eigenvalue weighted by Crippen LogP contribution is -2.45. The van der Waals surface area contributed by atoms with E-state index in [0.717, 1.165) is 12.8 Å². The van der Waals surface area contributed by atoms with Gasteiger partial charge in [-0.25, -0.2) is 0 Å². The molecule has 1 amide bonds. The van der Waals surface area contributed by atoms with E-state index in [-0.39, 0.29) is 5.92 Å². The molecule has 1 aliphatic rings. The van der Waals surface area contributed by atoms with Gasteiger partial charge in [-0.05, 0) is 38.1 Å². The Bertz CT molecular complexity index is 253. The molecule has 0 heterocycles. The second-order valence-electron chi connectivity index (χ2n) is 5.82. The predicted molar refractivity (Wildman–Crippen MR) is 71.6 cm³/mol. The van der Waals surface area contributed by atoms with Gasteiger partial charge in [-0.2, -0.15) is 0 Å². The molecule has 0 saturated heterocycles. The zero-order chi connectivity index (χ0) is 13.0. The molecule has 0 spiro atoms. The van der Waals surface area contributed by atoms with Gasteiger partial charge in [-0.15, -0.1) is 0 Å². The summed E-state index contributed by atoms with van der Waals surface area (Å²) in [4.78, 5) is 14.4. The molecule has 17 heavy (non-hydrogen) atoms. The minimum Gasteiger partial charge on any atom is -0.343 e. The van der Waals surface area contributed by atoms with Crippen LogP contribution in [0.4, 0.5) is 0 Å². The van der Waals surface area contributed by atoms with Crippen molar-refractivity contribution in [2.45, 2.75) is 52.5 Å². The monoisotopic (exact) mass is 240 g/mol. The molecule has 0 aromatic rings. The summed E-state index contributed by atoms with van der Waals surface area (Å²) in [5, 5.41) is 0. The molecule has 3 heteroatoms. The van der Waals surface area contributed by atoms with Gasteiger partial charge in [0.15, 0.2) is 0 Å². The molecule has 1 rings (SSSR count). The van der Waals surface area contributed by atoms with Crippen molar-refractivity contribution < 1.29 is 4.79 Å².